The number of hydrogen-bond acceptors (Lipinski definition) is 14. The third-order valence-corrected chi connectivity index (χ3v) is 9.85. The summed E-state index contributed by atoms with van der Waals surface area (Å²) in [4.78, 5) is 78.1. The molecule has 0 radical (unpaired) electrons. The van der Waals surface area contributed by atoms with E-state index < -0.39 is 52.7 Å². The van der Waals surface area contributed by atoms with Gasteiger partial charge in [0.15, 0.2) is 23.0 Å². The third kappa shape index (κ3) is 12.0. The van der Waals surface area contributed by atoms with Gasteiger partial charge in [-0.3, -0.25) is 24.0 Å². The van der Waals surface area contributed by atoms with E-state index in [-0.39, 0.29) is 70.9 Å². The summed E-state index contributed by atoms with van der Waals surface area (Å²) in [5, 5.41) is 53.9. The van der Waals surface area contributed by atoms with E-state index in [9.17, 15) is 49.2 Å². The first-order valence-electron chi connectivity index (χ1n) is 20.5. The number of anilines is 4. The monoisotopic (exact) mass is 914 g/mol. The van der Waals surface area contributed by atoms with Crippen molar-refractivity contribution in [3.63, 3.8) is 0 Å². The second-order valence-electron chi connectivity index (χ2n) is 14.6. The van der Waals surface area contributed by atoms with Gasteiger partial charge in [-0.2, -0.15) is 5.53 Å². The van der Waals surface area contributed by atoms with Crippen molar-refractivity contribution in [2.24, 2.45) is 0 Å². The van der Waals surface area contributed by atoms with Crippen LogP contribution in [0.3, 0.4) is 0 Å². The molecular weight excluding hydrogens is 869 g/mol. The molecule has 0 fully saturated rings. The van der Waals surface area contributed by atoms with Crippen LogP contribution in [0.1, 0.15) is 74.2 Å². The zero-order chi connectivity index (χ0) is 48.2. The number of hydrogen-bond donors (Lipinski definition) is 12. The van der Waals surface area contributed by atoms with Crippen LogP contribution in [0.25, 0.3) is 6.08 Å². The standard InChI is InChI=1S/C47H46N8O12/c1-4-66-40-35(20-18-33(38(40)57)45(62)52-36-21-19-34(47(64)65)39(58)41(36)67-5-2)51-43(60)27-10-14-30(15-11-27)50-46(63)37(23-31-24-48-55-54-31)53-44(61)28-8-12-29(13-9-28)49-42(59)25(3)22-26-6-16-32(56)17-7-26/h6-22,24,37,48,54-58H,4-5,23H2,1-3H3,(H,49,59)(H,50,63)(H,51,60)(H,52,62)(H,53,61)(H,64,65)/b25-22+/t37-/m0/s1. The molecule has 0 spiro atoms. The molecule has 346 valence electrons. The number of phenolic OH excluding ortho intramolecular Hbond substituents is 2. The zero-order valence-corrected chi connectivity index (χ0v) is 36.1. The highest BCUT2D eigenvalue weighted by Gasteiger charge is 2.26. The fourth-order valence-electron chi connectivity index (χ4n) is 6.47. The number of ether oxygens (including phenoxy) is 2. The number of rotatable bonds is 18. The van der Waals surface area contributed by atoms with Gasteiger partial charge < -0.3 is 67.3 Å². The Morgan fingerprint density at radius 3 is 1.73 bits per heavy atom. The van der Waals surface area contributed by atoms with Crippen molar-refractivity contribution < 1.29 is 58.7 Å². The Kier molecular flexibility index (Phi) is 15.3. The lowest BCUT2D eigenvalue weighted by Gasteiger charge is -2.19. The summed E-state index contributed by atoms with van der Waals surface area (Å²) in [7, 11) is 0. The highest BCUT2D eigenvalue weighted by atomic mass is 16.5. The molecule has 67 heavy (non-hydrogen) atoms. The molecule has 1 atom stereocenters. The average Bonchev–Trinajstić information content (AvgIpc) is 3.83. The van der Waals surface area contributed by atoms with E-state index in [4.69, 9.17) is 9.47 Å². The van der Waals surface area contributed by atoms with Crippen LogP contribution in [0.4, 0.5) is 22.7 Å². The van der Waals surface area contributed by atoms with Gasteiger partial charge in [0.25, 0.3) is 23.6 Å². The number of aromatic hydroxyl groups is 3. The molecule has 1 aliphatic rings. The number of carboxylic acids is 1. The molecule has 5 amide bonds. The number of amides is 5. The number of carboxylic acid groups (broad SMARTS) is 1. The van der Waals surface area contributed by atoms with E-state index in [1.807, 2.05) is 0 Å². The van der Waals surface area contributed by atoms with Crippen molar-refractivity contribution in [1.82, 2.24) is 21.7 Å². The Morgan fingerprint density at radius 2 is 1.18 bits per heavy atom. The number of phenols is 3. The first-order chi connectivity index (χ1) is 32.1. The molecule has 5 aromatic rings. The SMILES string of the molecule is CCOc1c(NC(=O)c2ccc(NC(=O)c3ccc(NC(=O)[C@H](CC4=CNNN4)NC(=O)c4ccc(NC(=O)/C(C)=C/c5ccc(O)cc5)cc4)cc3)c(OCC)c2O)ccc(C(=O)O)c1O. The molecule has 20 nitrogen and oxygen atoms in total. The summed E-state index contributed by atoms with van der Waals surface area (Å²) in [6.07, 6.45) is 3.30. The quantitative estimate of drug-likeness (QED) is 0.0488. The second-order valence-corrected chi connectivity index (χ2v) is 14.6. The molecule has 1 heterocycles. The summed E-state index contributed by atoms with van der Waals surface area (Å²) >= 11 is 0. The minimum Gasteiger partial charge on any atom is -0.508 e. The van der Waals surface area contributed by atoms with E-state index in [2.05, 4.69) is 43.0 Å². The molecule has 5 aromatic carbocycles. The maximum Gasteiger partial charge on any atom is 0.339 e. The van der Waals surface area contributed by atoms with Gasteiger partial charge in [-0.25, -0.2) is 4.79 Å². The second kappa shape index (κ2) is 21.6. The van der Waals surface area contributed by atoms with E-state index in [1.165, 1.54) is 66.7 Å². The molecule has 0 saturated carbocycles. The molecule has 0 aliphatic carbocycles. The Hall–Kier alpha value is -9.04. The van der Waals surface area contributed by atoms with Crippen LogP contribution in [-0.2, 0) is 9.59 Å². The van der Waals surface area contributed by atoms with Crippen molar-refractivity contribution >= 4 is 64.3 Å². The maximum absolute atomic E-state index is 13.7. The molecule has 0 saturated heterocycles. The third-order valence-electron chi connectivity index (χ3n) is 9.85. The predicted octanol–water partition coefficient (Wildman–Crippen LogP) is 5.43. The van der Waals surface area contributed by atoms with Crippen LogP contribution in [-0.4, -0.2) is 75.2 Å². The molecular formula is C47H46N8O12. The van der Waals surface area contributed by atoms with Crippen molar-refractivity contribution in [3.8, 4) is 28.7 Å². The molecule has 6 rings (SSSR count). The van der Waals surface area contributed by atoms with Crippen LogP contribution in [0.5, 0.6) is 28.7 Å². The Morgan fingerprint density at radius 1 is 0.642 bits per heavy atom. The Bertz CT molecular complexity index is 2760. The Labute approximate surface area is 382 Å². The van der Waals surface area contributed by atoms with Crippen LogP contribution in [0.15, 0.2) is 115 Å². The molecule has 12 N–H and O–H groups in total. The van der Waals surface area contributed by atoms with Gasteiger partial charge in [-0.15, -0.1) is 0 Å². The summed E-state index contributed by atoms with van der Waals surface area (Å²) in [6.45, 7) is 4.93. The lowest BCUT2D eigenvalue weighted by atomic mass is 10.1. The van der Waals surface area contributed by atoms with Gasteiger partial charge in [-0.05, 0) is 117 Å². The number of benzene rings is 5. The number of carbonyl (C=O) groups excluding carboxylic acids is 5. The van der Waals surface area contributed by atoms with Gasteiger partial charge in [0.2, 0.25) is 5.91 Å². The number of carbonyl (C=O) groups is 6. The topological polar surface area (TPSA) is 298 Å². The normalized spacial score (nSPS) is 12.3. The highest BCUT2D eigenvalue weighted by molar-refractivity contribution is 6.11. The van der Waals surface area contributed by atoms with E-state index in [0.717, 1.165) is 11.6 Å². The van der Waals surface area contributed by atoms with Crippen LogP contribution >= 0.6 is 0 Å². The molecule has 0 unspecified atom stereocenters. The van der Waals surface area contributed by atoms with Gasteiger partial charge in [-0.1, -0.05) is 12.1 Å². The first kappa shape index (κ1) is 47.4. The molecule has 0 bridgehead atoms. The smallest absolute Gasteiger partial charge is 0.339 e. The van der Waals surface area contributed by atoms with E-state index in [1.54, 1.807) is 57.3 Å². The molecule has 20 heteroatoms. The van der Waals surface area contributed by atoms with Gasteiger partial charge >= 0.3 is 5.97 Å². The lowest BCUT2D eigenvalue weighted by Crippen LogP contribution is -2.45. The number of nitrogens with one attached hydrogen (secondary N) is 8. The number of aromatic carboxylic acids is 1. The fraction of sp³-hybridized carbons (Fsp3) is 0.149. The van der Waals surface area contributed by atoms with E-state index >= 15 is 0 Å². The summed E-state index contributed by atoms with van der Waals surface area (Å²) in [6, 6.07) is 22.1. The predicted molar refractivity (Wildman–Crippen MR) is 247 cm³/mol. The van der Waals surface area contributed by atoms with E-state index in [0.29, 0.717) is 22.6 Å². The van der Waals surface area contributed by atoms with Crippen molar-refractivity contribution in [2.45, 2.75) is 33.2 Å². The first-order valence-corrected chi connectivity index (χ1v) is 20.5. The van der Waals surface area contributed by atoms with Gasteiger partial charge in [0.1, 0.15) is 17.4 Å². The van der Waals surface area contributed by atoms with Crippen molar-refractivity contribution in [1.29, 1.82) is 0 Å². The largest absolute Gasteiger partial charge is 0.508 e. The van der Waals surface area contributed by atoms with Crippen LogP contribution in [0, 0.1) is 0 Å². The summed E-state index contributed by atoms with van der Waals surface area (Å²) in [5.74, 6) is -6.15. The fourth-order valence-corrected chi connectivity index (χ4v) is 6.47. The lowest BCUT2D eigenvalue weighted by molar-refractivity contribution is -0.118. The average molecular weight is 915 g/mol. The van der Waals surface area contributed by atoms with Crippen LogP contribution < -0.4 is 52.4 Å². The Balaban J connectivity index is 1.09. The summed E-state index contributed by atoms with van der Waals surface area (Å²) in [5.41, 5.74) is 10.3. The van der Waals surface area contributed by atoms with Gasteiger partial charge in [0.05, 0.1) is 30.2 Å². The van der Waals surface area contributed by atoms with Gasteiger partial charge in [0, 0.05) is 46.4 Å². The maximum atomic E-state index is 13.7. The van der Waals surface area contributed by atoms with Crippen molar-refractivity contribution in [3.05, 3.63) is 142 Å². The zero-order valence-electron chi connectivity index (χ0n) is 36.1. The van der Waals surface area contributed by atoms with Crippen LogP contribution in [0.2, 0.25) is 0 Å². The highest BCUT2D eigenvalue weighted by Crippen LogP contribution is 2.41. The number of hydrazine groups is 2. The molecule has 1 aliphatic heterocycles. The molecule has 0 aromatic heterocycles. The minimum atomic E-state index is -1.41. The summed E-state index contributed by atoms with van der Waals surface area (Å²) < 4.78 is 11.0. The van der Waals surface area contributed by atoms with Crippen molar-refractivity contribution in [2.75, 3.05) is 34.5 Å². The minimum absolute atomic E-state index is 0.0164.